The minimum Gasteiger partial charge on any atom is -0.372 e. The Morgan fingerprint density at radius 1 is 1.10 bits per heavy atom. The third-order valence-electron chi connectivity index (χ3n) is 3.44. The van der Waals surface area contributed by atoms with E-state index >= 15 is 0 Å². The molecular weight excluding hydrogens is 452 g/mol. The van der Waals surface area contributed by atoms with Gasteiger partial charge in [-0.25, -0.2) is 18.7 Å². The van der Waals surface area contributed by atoms with E-state index in [2.05, 4.69) is 15.3 Å². The third-order valence-corrected chi connectivity index (χ3v) is 5.56. The standard InChI is InChI=1S/C12H10F6N4O2S2.CH3NO/c1-10(13,11(14,15)16)12(17,18)22(19)26(23,24)8-4-2-7(3-5-8)9-6-25-21-20-9;2-1-3/h2-6H,19H2,1H3;1H,(H2,2,3). The molecule has 0 fully saturated rings. The van der Waals surface area contributed by atoms with Crippen LogP contribution in [0.25, 0.3) is 11.3 Å². The Kier molecular flexibility index (Phi) is 7.34. The molecular formula is C13H13F6N5O3S2. The van der Waals surface area contributed by atoms with Crippen molar-refractivity contribution < 1.29 is 39.6 Å². The molecule has 162 valence electrons. The van der Waals surface area contributed by atoms with Crippen LogP contribution in [-0.4, -0.2) is 46.7 Å². The molecule has 0 radical (unpaired) electrons. The van der Waals surface area contributed by atoms with Gasteiger partial charge in [0.15, 0.2) is 0 Å². The van der Waals surface area contributed by atoms with E-state index in [1.165, 1.54) is 5.38 Å². The lowest BCUT2D eigenvalue weighted by atomic mass is 10.1. The molecule has 16 heteroatoms. The highest BCUT2D eigenvalue weighted by Crippen LogP contribution is 2.47. The lowest BCUT2D eigenvalue weighted by Gasteiger charge is -2.36. The zero-order valence-electron chi connectivity index (χ0n) is 14.3. The fraction of sp³-hybridized carbons (Fsp3) is 0.308. The number of alkyl halides is 6. The Morgan fingerprint density at radius 3 is 1.97 bits per heavy atom. The van der Waals surface area contributed by atoms with E-state index in [0.717, 1.165) is 35.8 Å². The summed E-state index contributed by atoms with van der Waals surface area (Å²) in [6, 6.07) is -1.63. The highest BCUT2D eigenvalue weighted by atomic mass is 32.2. The number of amides is 1. The number of hydrazine groups is 1. The van der Waals surface area contributed by atoms with E-state index in [1.54, 1.807) is 0 Å². The molecule has 1 atom stereocenters. The molecule has 0 aliphatic heterocycles. The second-order valence-corrected chi connectivity index (χ2v) is 7.72. The molecule has 2 aromatic rings. The number of nitrogens with two attached hydrogens (primary N) is 2. The molecule has 1 heterocycles. The second kappa shape index (κ2) is 8.60. The van der Waals surface area contributed by atoms with E-state index in [9.17, 15) is 34.8 Å². The number of halogens is 6. The molecule has 1 aromatic carbocycles. The first-order valence-corrected chi connectivity index (χ1v) is 9.38. The Hall–Kier alpha value is -2.30. The van der Waals surface area contributed by atoms with E-state index < -0.39 is 44.1 Å². The van der Waals surface area contributed by atoms with Crippen molar-refractivity contribution in [2.75, 3.05) is 0 Å². The Balaban J connectivity index is 0.00000132. The summed E-state index contributed by atoms with van der Waals surface area (Å²) in [5, 5.41) is 5.22. The van der Waals surface area contributed by atoms with Gasteiger partial charge in [0, 0.05) is 10.9 Å². The van der Waals surface area contributed by atoms with Gasteiger partial charge >= 0.3 is 12.2 Å². The minimum atomic E-state index is -6.06. The van der Waals surface area contributed by atoms with Crippen LogP contribution in [0.2, 0.25) is 0 Å². The van der Waals surface area contributed by atoms with Gasteiger partial charge in [0.05, 0.1) is 4.90 Å². The predicted molar refractivity (Wildman–Crippen MR) is 89.3 cm³/mol. The molecule has 0 spiro atoms. The fourth-order valence-electron chi connectivity index (χ4n) is 1.73. The molecule has 8 nitrogen and oxygen atoms in total. The average molecular weight is 465 g/mol. The number of carbonyl (C=O) groups is 1. The SMILES string of the molecule is CC(F)(C(F)(F)F)C(F)(F)N(N)S(=O)(=O)c1ccc(-c2csnn2)cc1.NC=O. The van der Waals surface area contributed by atoms with Crippen LogP contribution in [0, 0.1) is 0 Å². The van der Waals surface area contributed by atoms with Crippen LogP contribution < -0.4 is 11.6 Å². The van der Waals surface area contributed by atoms with Crippen LogP contribution in [0.3, 0.4) is 0 Å². The van der Waals surface area contributed by atoms with Gasteiger partial charge < -0.3 is 5.73 Å². The van der Waals surface area contributed by atoms with Gasteiger partial charge in [-0.3, -0.25) is 4.79 Å². The molecule has 0 aliphatic carbocycles. The van der Waals surface area contributed by atoms with Crippen molar-refractivity contribution in [3.63, 3.8) is 0 Å². The largest absolute Gasteiger partial charge is 0.429 e. The van der Waals surface area contributed by atoms with Gasteiger partial charge in [-0.2, -0.15) is 22.0 Å². The fourth-order valence-corrected chi connectivity index (χ4v) is 3.38. The summed E-state index contributed by atoms with van der Waals surface area (Å²) in [5.74, 6) is 4.71. The monoisotopic (exact) mass is 465 g/mol. The van der Waals surface area contributed by atoms with Crippen LogP contribution >= 0.6 is 11.5 Å². The molecule has 1 amide bonds. The quantitative estimate of drug-likeness (QED) is 0.228. The molecule has 0 saturated heterocycles. The van der Waals surface area contributed by atoms with E-state index in [1.807, 2.05) is 0 Å². The lowest BCUT2D eigenvalue weighted by Crippen LogP contribution is -2.65. The first kappa shape index (κ1) is 24.7. The van der Waals surface area contributed by atoms with Crippen molar-refractivity contribution in [2.45, 2.75) is 29.7 Å². The number of aromatic nitrogens is 2. The van der Waals surface area contributed by atoms with E-state index in [4.69, 9.17) is 10.6 Å². The summed E-state index contributed by atoms with van der Waals surface area (Å²) in [4.78, 5) is 7.73. The Bertz CT molecular complexity index is 917. The summed E-state index contributed by atoms with van der Waals surface area (Å²) in [6.07, 6.45) is -5.81. The van der Waals surface area contributed by atoms with Crippen molar-refractivity contribution >= 4 is 28.0 Å². The number of hydrogen-bond donors (Lipinski definition) is 2. The summed E-state index contributed by atoms with van der Waals surface area (Å²) in [5.41, 5.74) is -0.311. The van der Waals surface area contributed by atoms with Crippen LogP contribution in [0.4, 0.5) is 26.3 Å². The van der Waals surface area contributed by atoms with Crippen molar-refractivity contribution in [2.24, 2.45) is 11.6 Å². The third kappa shape index (κ3) is 4.82. The van der Waals surface area contributed by atoms with Crippen LogP contribution in [-0.2, 0) is 14.8 Å². The summed E-state index contributed by atoms with van der Waals surface area (Å²) < 4.78 is 105. The number of primary amides is 1. The number of rotatable bonds is 5. The molecule has 29 heavy (non-hydrogen) atoms. The number of sulfonamides is 1. The van der Waals surface area contributed by atoms with Crippen LogP contribution in [0.15, 0.2) is 34.5 Å². The maximum absolute atomic E-state index is 13.9. The first-order valence-electron chi connectivity index (χ1n) is 7.11. The Morgan fingerprint density at radius 2 is 1.59 bits per heavy atom. The number of nitrogens with zero attached hydrogens (tertiary/aromatic N) is 3. The lowest BCUT2D eigenvalue weighted by molar-refractivity contribution is -0.322. The molecule has 4 N–H and O–H groups in total. The predicted octanol–water partition coefficient (Wildman–Crippen LogP) is 2.05. The Labute approximate surface area is 164 Å². The van der Waals surface area contributed by atoms with Crippen LogP contribution in [0.5, 0.6) is 0 Å². The number of carbonyl (C=O) groups excluding carboxylic acids is 1. The molecule has 1 unspecified atom stereocenters. The molecule has 0 bridgehead atoms. The van der Waals surface area contributed by atoms with Crippen molar-refractivity contribution in [3.8, 4) is 11.3 Å². The highest BCUT2D eigenvalue weighted by Gasteiger charge is 2.72. The van der Waals surface area contributed by atoms with Gasteiger partial charge in [0.1, 0.15) is 5.69 Å². The van der Waals surface area contributed by atoms with Crippen molar-refractivity contribution in [1.82, 2.24) is 14.0 Å². The molecule has 0 aliphatic rings. The number of benzene rings is 1. The maximum atomic E-state index is 13.9. The minimum absolute atomic E-state index is 0.250. The topological polar surface area (TPSA) is 132 Å². The van der Waals surface area contributed by atoms with Gasteiger partial charge in [-0.15, -0.1) is 5.10 Å². The summed E-state index contributed by atoms with van der Waals surface area (Å²) in [6.45, 7) is -0.499. The normalized spacial score (nSPS) is 14.7. The zero-order valence-corrected chi connectivity index (χ0v) is 15.9. The molecule has 0 saturated carbocycles. The molecule has 1 aromatic heterocycles. The van der Waals surface area contributed by atoms with Crippen LogP contribution in [0.1, 0.15) is 6.92 Å². The smallest absolute Gasteiger partial charge is 0.372 e. The average Bonchev–Trinajstić information content (AvgIpc) is 3.15. The summed E-state index contributed by atoms with van der Waals surface area (Å²) >= 11 is 1.00. The van der Waals surface area contributed by atoms with Crippen molar-refractivity contribution in [3.05, 3.63) is 29.6 Å². The van der Waals surface area contributed by atoms with E-state index in [0.29, 0.717) is 11.3 Å². The zero-order chi connectivity index (χ0) is 22.7. The highest BCUT2D eigenvalue weighted by molar-refractivity contribution is 7.89. The second-order valence-electron chi connectivity index (χ2n) is 5.29. The maximum Gasteiger partial charge on any atom is 0.429 e. The van der Waals surface area contributed by atoms with Crippen molar-refractivity contribution in [1.29, 1.82) is 0 Å². The van der Waals surface area contributed by atoms with Gasteiger partial charge in [-0.1, -0.05) is 21.0 Å². The summed E-state index contributed by atoms with van der Waals surface area (Å²) in [7, 11) is -5.34. The van der Waals surface area contributed by atoms with Gasteiger partial charge in [0.25, 0.3) is 15.7 Å². The molecule has 2 rings (SSSR count). The van der Waals surface area contributed by atoms with Gasteiger partial charge in [0.2, 0.25) is 6.41 Å². The first-order chi connectivity index (χ1) is 13.1. The van der Waals surface area contributed by atoms with E-state index in [-0.39, 0.29) is 6.41 Å². The van der Waals surface area contributed by atoms with Gasteiger partial charge in [-0.05, 0) is 30.6 Å². The number of hydrogen-bond acceptors (Lipinski definition) is 7.